The highest BCUT2D eigenvalue weighted by Gasteiger charge is 2.07. The van der Waals surface area contributed by atoms with Gasteiger partial charge in [-0.25, -0.2) is 4.79 Å². The Bertz CT molecular complexity index is 977. The van der Waals surface area contributed by atoms with Crippen molar-refractivity contribution in [3.05, 3.63) is 70.0 Å². The number of aromatic amines is 1. The Labute approximate surface area is 150 Å². The molecule has 0 aliphatic heterocycles. The maximum absolute atomic E-state index is 12.3. The van der Waals surface area contributed by atoms with Crippen molar-refractivity contribution in [1.82, 2.24) is 4.98 Å². The summed E-state index contributed by atoms with van der Waals surface area (Å²) in [7, 11) is 1.59. The summed E-state index contributed by atoms with van der Waals surface area (Å²) in [5, 5.41) is 4.12. The normalized spacial score (nSPS) is 10.5. The largest absolute Gasteiger partial charge is 0.497 e. The quantitative estimate of drug-likeness (QED) is 0.665. The van der Waals surface area contributed by atoms with Gasteiger partial charge < -0.3 is 19.8 Å². The van der Waals surface area contributed by atoms with Gasteiger partial charge in [-0.2, -0.15) is 0 Å². The van der Waals surface area contributed by atoms with Crippen LogP contribution in [-0.2, 0) is 11.3 Å². The number of aromatic nitrogens is 1. The van der Waals surface area contributed by atoms with Gasteiger partial charge in [0.05, 0.1) is 24.8 Å². The number of ether oxygens (including phenoxy) is 2. The third-order valence-corrected chi connectivity index (χ3v) is 4.01. The highest BCUT2D eigenvalue weighted by atomic mass is 16.5. The molecule has 134 valence electrons. The lowest BCUT2D eigenvalue weighted by atomic mass is 10.1. The predicted molar refractivity (Wildman–Crippen MR) is 101 cm³/mol. The molecule has 2 aromatic carbocycles. The summed E-state index contributed by atoms with van der Waals surface area (Å²) in [6.45, 7) is 2.48. The molecule has 1 aromatic heterocycles. The number of hydrogen-bond acceptors (Lipinski definition) is 5. The van der Waals surface area contributed by atoms with Crippen LogP contribution in [0.5, 0.6) is 5.75 Å². The SMILES string of the molecule is CCOC(=O)c1ccc(NCc2cc3ccc(OC)cc3[nH]c2=O)cc1. The van der Waals surface area contributed by atoms with Crippen LogP contribution in [0.2, 0.25) is 0 Å². The van der Waals surface area contributed by atoms with Crippen LogP contribution in [0.15, 0.2) is 53.3 Å². The van der Waals surface area contributed by atoms with E-state index in [2.05, 4.69) is 10.3 Å². The van der Waals surface area contributed by atoms with Crippen LogP contribution in [0.25, 0.3) is 10.9 Å². The van der Waals surface area contributed by atoms with Crippen LogP contribution in [0.3, 0.4) is 0 Å². The Kier molecular flexibility index (Phi) is 5.22. The zero-order chi connectivity index (χ0) is 18.5. The molecule has 0 atom stereocenters. The Morgan fingerprint density at radius 1 is 1.12 bits per heavy atom. The molecule has 0 aliphatic rings. The van der Waals surface area contributed by atoms with Crippen molar-refractivity contribution in [3.8, 4) is 5.75 Å². The fourth-order valence-corrected chi connectivity index (χ4v) is 2.62. The van der Waals surface area contributed by atoms with Crippen molar-refractivity contribution in [1.29, 1.82) is 0 Å². The minimum atomic E-state index is -0.347. The molecule has 0 spiro atoms. The number of nitrogens with one attached hydrogen (secondary N) is 2. The van der Waals surface area contributed by atoms with Crippen molar-refractivity contribution in [2.24, 2.45) is 0 Å². The summed E-state index contributed by atoms with van der Waals surface area (Å²) in [4.78, 5) is 26.8. The van der Waals surface area contributed by atoms with Crippen molar-refractivity contribution in [2.75, 3.05) is 19.0 Å². The molecular formula is C20H20N2O4. The standard InChI is InChI=1S/C20H20N2O4/c1-3-26-20(24)13-4-7-16(8-5-13)21-12-15-10-14-6-9-17(25-2)11-18(14)22-19(15)23/h4-11,21H,3,12H2,1-2H3,(H,22,23). The first-order chi connectivity index (χ1) is 12.6. The van der Waals surface area contributed by atoms with Gasteiger partial charge in [0, 0.05) is 23.9 Å². The molecule has 0 aliphatic carbocycles. The van der Waals surface area contributed by atoms with E-state index in [1.807, 2.05) is 18.2 Å². The van der Waals surface area contributed by atoms with E-state index in [9.17, 15) is 9.59 Å². The van der Waals surface area contributed by atoms with E-state index in [1.54, 1.807) is 44.4 Å². The summed E-state index contributed by atoms with van der Waals surface area (Å²) < 4.78 is 10.1. The average molecular weight is 352 g/mol. The first kappa shape index (κ1) is 17.5. The molecule has 0 radical (unpaired) electrons. The second-order valence-electron chi connectivity index (χ2n) is 5.73. The fraction of sp³-hybridized carbons (Fsp3) is 0.200. The monoisotopic (exact) mass is 352 g/mol. The van der Waals surface area contributed by atoms with E-state index in [4.69, 9.17) is 9.47 Å². The van der Waals surface area contributed by atoms with Crippen molar-refractivity contribution in [2.45, 2.75) is 13.5 Å². The van der Waals surface area contributed by atoms with E-state index in [-0.39, 0.29) is 11.5 Å². The van der Waals surface area contributed by atoms with E-state index < -0.39 is 0 Å². The number of benzene rings is 2. The summed E-state index contributed by atoms with van der Waals surface area (Å²) in [5.41, 5.74) is 2.51. The third kappa shape index (κ3) is 3.85. The molecule has 26 heavy (non-hydrogen) atoms. The van der Waals surface area contributed by atoms with Gasteiger partial charge in [-0.1, -0.05) is 0 Å². The number of esters is 1. The second kappa shape index (κ2) is 7.74. The van der Waals surface area contributed by atoms with Gasteiger partial charge in [-0.05, 0) is 54.8 Å². The number of methoxy groups -OCH3 is 1. The molecule has 0 unspecified atom stereocenters. The first-order valence-electron chi connectivity index (χ1n) is 8.31. The van der Waals surface area contributed by atoms with Gasteiger partial charge in [0.1, 0.15) is 5.75 Å². The molecule has 0 saturated carbocycles. The molecule has 1 heterocycles. The molecule has 2 N–H and O–H groups in total. The molecule has 0 saturated heterocycles. The van der Waals surface area contributed by atoms with E-state index in [0.717, 1.165) is 16.6 Å². The first-order valence-corrected chi connectivity index (χ1v) is 8.31. The zero-order valence-corrected chi connectivity index (χ0v) is 14.7. The predicted octanol–water partition coefficient (Wildman–Crippen LogP) is 3.33. The summed E-state index contributed by atoms with van der Waals surface area (Å²) in [6.07, 6.45) is 0. The zero-order valence-electron chi connectivity index (χ0n) is 14.7. The molecule has 6 heteroatoms. The lowest BCUT2D eigenvalue weighted by Gasteiger charge is -2.09. The van der Waals surface area contributed by atoms with E-state index in [0.29, 0.717) is 30.0 Å². The number of fused-ring (bicyclic) bond motifs is 1. The number of hydrogen-bond donors (Lipinski definition) is 2. The minimum Gasteiger partial charge on any atom is -0.497 e. The van der Waals surface area contributed by atoms with E-state index in [1.165, 1.54) is 0 Å². The molecule has 0 bridgehead atoms. The van der Waals surface area contributed by atoms with Gasteiger partial charge in [-0.3, -0.25) is 4.79 Å². The maximum Gasteiger partial charge on any atom is 0.338 e. The topological polar surface area (TPSA) is 80.4 Å². The fourth-order valence-electron chi connectivity index (χ4n) is 2.62. The van der Waals surface area contributed by atoms with Crippen LogP contribution >= 0.6 is 0 Å². The van der Waals surface area contributed by atoms with Crippen molar-refractivity contribution in [3.63, 3.8) is 0 Å². The number of rotatable bonds is 6. The number of carbonyl (C=O) groups is 1. The molecular weight excluding hydrogens is 332 g/mol. The molecule has 3 aromatic rings. The minimum absolute atomic E-state index is 0.151. The number of pyridine rings is 1. The molecule has 0 amide bonds. The number of carbonyl (C=O) groups excluding carboxylic acids is 1. The third-order valence-electron chi connectivity index (χ3n) is 4.01. The van der Waals surface area contributed by atoms with Gasteiger partial charge in [-0.15, -0.1) is 0 Å². The average Bonchev–Trinajstić information content (AvgIpc) is 2.66. The van der Waals surface area contributed by atoms with Crippen LogP contribution in [0.4, 0.5) is 5.69 Å². The number of H-pyrrole nitrogens is 1. The molecule has 3 rings (SSSR count). The highest BCUT2D eigenvalue weighted by Crippen LogP contribution is 2.19. The molecule has 6 nitrogen and oxygen atoms in total. The summed E-state index contributed by atoms with van der Waals surface area (Å²) in [6, 6.07) is 14.4. The summed E-state index contributed by atoms with van der Waals surface area (Å²) >= 11 is 0. The van der Waals surface area contributed by atoms with Gasteiger partial charge in [0.15, 0.2) is 0 Å². The summed E-state index contributed by atoms with van der Waals surface area (Å²) in [5.74, 6) is 0.348. The van der Waals surface area contributed by atoms with Gasteiger partial charge >= 0.3 is 5.97 Å². The lowest BCUT2D eigenvalue weighted by molar-refractivity contribution is 0.0526. The van der Waals surface area contributed by atoms with Crippen molar-refractivity contribution < 1.29 is 14.3 Å². The van der Waals surface area contributed by atoms with Crippen LogP contribution in [0.1, 0.15) is 22.8 Å². The van der Waals surface area contributed by atoms with Gasteiger partial charge in [0.25, 0.3) is 5.56 Å². The Balaban J connectivity index is 1.74. The van der Waals surface area contributed by atoms with Crippen LogP contribution < -0.4 is 15.6 Å². The Hall–Kier alpha value is -3.28. The lowest BCUT2D eigenvalue weighted by Crippen LogP contribution is -2.15. The highest BCUT2D eigenvalue weighted by molar-refractivity contribution is 5.89. The van der Waals surface area contributed by atoms with Gasteiger partial charge in [0.2, 0.25) is 0 Å². The maximum atomic E-state index is 12.3. The van der Waals surface area contributed by atoms with Crippen molar-refractivity contribution >= 4 is 22.6 Å². The van der Waals surface area contributed by atoms with E-state index >= 15 is 0 Å². The van der Waals surface area contributed by atoms with Crippen LogP contribution in [-0.4, -0.2) is 24.7 Å². The number of anilines is 1. The Morgan fingerprint density at radius 3 is 2.58 bits per heavy atom. The Morgan fingerprint density at radius 2 is 1.88 bits per heavy atom. The second-order valence-corrected chi connectivity index (χ2v) is 5.73. The smallest absolute Gasteiger partial charge is 0.338 e. The van der Waals surface area contributed by atoms with Crippen LogP contribution in [0, 0.1) is 0 Å². The molecule has 0 fully saturated rings.